The third kappa shape index (κ3) is 5.66. The summed E-state index contributed by atoms with van der Waals surface area (Å²) in [5.74, 6) is 0.259. The van der Waals surface area contributed by atoms with Crippen LogP contribution in [0, 0.1) is 0 Å². The Kier molecular flexibility index (Phi) is 7.87. The van der Waals surface area contributed by atoms with Gasteiger partial charge in [0.2, 0.25) is 11.8 Å². The van der Waals surface area contributed by atoms with Crippen molar-refractivity contribution in [3.05, 3.63) is 150 Å². The molecule has 1 aliphatic heterocycles. The summed E-state index contributed by atoms with van der Waals surface area (Å²) in [5, 5.41) is 1.82. The molecule has 1 aliphatic rings. The largest absolute Gasteiger partial charge is 0.473 e. The fourth-order valence-corrected chi connectivity index (χ4v) is 5.74. The summed E-state index contributed by atoms with van der Waals surface area (Å²) in [6, 6.07) is 40.9. The molecule has 1 aromatic heterocycles. The highest BCUT2D eigenvalue weighted by Gasteiger charge is 2.34. The van der Waals surface area contributed by atoms with E-state index in [1.165, 1.54) is 7.11 Å². The first-order valence-electron chi connectivity index (χ1n) is 15.0. The quantitative estimate of drug-likeness (QED) is 0.147. The Morgan fingerprint density at radius 3 is 2.02 bits per heavy atom. The Hall–Kier alpha value is -5.95. The Morgan fingerprint density at radius 2 is 1.33 bits per heavy atom. The first-order valence-corrected chi connectivity index (χ1v) is 15.0. The van der Waals surface area contributed by atoms with Gasteiger partial charge in [0.05, 0.1) is 24.8 Å². The van der Waals surface area contributed by atoms with Crippen LogP contribution in [-0.2, 0) is 29.2 Å². The van der Waals surface area contributed by atoms with Crippen molar-refractivity contribution in [3.8, 4) is 22.9 Å². The first-order chi connectivity index (χ1) is 22.6. The molecule has 0 N–H and O–H groups in total. The lowest BCUT2D eigenvalue weighted by Crippen LogP contribution is -2.22. The molecule has 0 saturated carbocycles. The number of aromatic nitrogens is 1. The highest BCUT2D eigenvalue weighted by molar-refractivity contribution is 6.29. The monoisotopic (exact) mass is 606 g/mol. The smallest absolute Gasteiger partial charge is 0.309 e. The molecule has 5 aromatic carbocycles. The summed E-state index contributed by atoms with van der Waals surface area (Å²) in [6.45, 7) is 0.628. The first kappa shape index (κ1) is 28.8. The van der Waals surface area contributed by atoms with Crippen LogP contribution in [-0.4, -0.2) is 24.0 Å². The summed E-state index contributed by atoms with van der Waals surface area (Å²) in [6.07, 6.45) is 0.211. The molecule has 0 unspecified atom stereocenters. The summed E-state index contributed by atoms with van der Waals surface area (Å²) < 4.78 is 17.1. The average molecular weight is 607 g/mol. The minimum absolute atomic E-state index is 0.157. The van der Waals surface area contributed by atoms with E-state index in [1.807, 2.05) is 121 Å². The van der Waals surface area contributed by atoms with Gasteiger partial charge in [-0.2, -0.15) is 4.98 Å². The maximum Gasteiger partial charge on any atom is 0.309 e. The molecule has 46 heavy (non-hydrogen) atoms. The third-order valence-electron chi connectivity index (χ3n) is 8.04. The van der Waals surface area contributed by atoms with Crippen molar-refractivity contribution in [2.45, 2.75) is 19.6 Å². The van der Waals surface area contributed by atoms with Gasteiger partial charge < -0.3 is 14.2 Å². The number of methoxy groups -OCH3 is 1. The van der Waals surface area contributed by atoms with E-state index in [2.05, 4.69) is 0 Å². The molecule has 2 heterocycles. The number of esters is 1. The second-order valence-corrected chi connectivity index (χ2v) is 11.0. The van der Waals surface area contributed by atoms with E-state index in [-0.39, 0.29) is 24.9 Å². The number of amides is 1. The Labute approximate surface area is 266 Å². The van der Waals surface area contributed by atoms with Crippen molar-refractivity contribution < 1.29 is 23.8 Å². The van der Waals surface area contributed by atoms with Crippen LogP contribution in [0.1, 0.15) is 27.0 Å². The van der Waals surface area contributed by atoms with Gasteiger partial charge in [-0.3, -0.25) is 14.5 Å². The van der Waals surface area contributed by atoms with Crippen molar-refractivity contribution in [2.75, 3.05) is 12.0 Å². The van der Waals surface area contributed by atoms with Crippen molar-refractivity contribution in [3.63, 3.8) is 0 Å². The fourth-order valence-electron chi connectivity index (χ4n) is 5.74. The summed E-state index contributed by atoms with van der Waals surface area (Å²) in [4.78, 5) is 32.2. The van der Waals surface area contributed by atoms with Gasteiger partial charge in [0, 0.05) is 11.5 Å². The zero-order valence-electron chi connectivity index (χ0n) is 25.2. The van der Waals surface area contributed by atoms with Crippen LogP contribution in [0.5, 0.6) is 11.8 Å². The fraction of sp³-hybridized carbons (Fsp3) is 0.103. The molecule has 6 aromatic rings. The number of pyridine rings is 1. The van der Waals surface area contributed by atoms with E-state index in [4.69, 9.17) is 19.2 Å². The Bertz CT molecular complexity index is 2040. The van der Waals surface area contributed by atoms with E-state index in [0.29, 0.717) is 29.6 Å². The maximum absolute atomic E-state index is 14.1. The van der Waals surface area contributed by atoms with Crippen LogP contribution in [0.15, 0.2) is 127 Å². The van der Waals surface area contributed by atoms with Crippen LogP contribution in [0.2, 0.25) is 0 Å². The third-order valence-corrected chi connectivity index (χ3v) is 8.04. The van der Waals surface area contributed by atoms with E-state index in [9.17, 15) is 9.59 Å². The standard InChI is InChI=1S/C39H30N2O5/c1-44-36(42)23-26-15-17-29(18-16-26)30-19-20-33-37-31(30)13-8-14-32(37)39(43)41(33)34-21-22-35(45-24-27-9-4-2-5-10-27)40-38(34)46-25-28-11-6-3-7-12-28/h2-22H,23-25H2,1H3. The van der Waals surface area contributed by atoms with Crippen LogP contribution >= 0.6 is 0 Å². The predicted octanol–water partition coefficient (Wildman–Crippen LogP) is 8.07. The summed E-state index contributed by atoms with van der Waals surface area (Å²) >= 11 is 0. The van der Waals surface area contributed by atoms with E-state index in [0.717, 1.165) is 44.3 Å². The number of ether oxygens (including phenoxy) is 3. The number of anilines is 2. The summed E-state index contributed by atoms with van der Waals surface area (Å²) in [7, 11) is 1.39. The number of carbonyl (C=O) groups excluding carboxylic acids is 2. The topological polar surface area (TPSA) is 78.0 Å². The average Bonchev–Trinajstić information content (AvgIpc) is 3.40. The normalized spacial score (nSPS) is 11.9. The molecule has 7 rings (SSSR count). The Balaban J connectivity index is 1.25. The molecule has 0 atom stereocenters. The minimum atomic E-state index is -0.283. The lowest BCUT2D eigenvalue weighted by atomic mass is 9.95. The van der Waals surface area contributed by atoms with E-state index in [1.54, 1.807) is 11.0 Å². The zero-order chi connectivity index (χ0) is 31.5. The van der Waals surface area contributed by atoms with Gasteiger partial charge in [0.25, 0.3) is 5.91 Å². The molecule has 226 valence electrons. The van der Waals surface area contributed by atoms with Crippen LogP contribution in [0.25, 0.3) is 21.9 Å². The van der Waals surface area contributed by atoms with Gasteiger partial charge in [-0.15, -0.1) is 0 Å². The molecule has 7 heteroatoms. The van der Waals surface area contributed by atoms with Crippen LogP contribution in [0.3, 0.4) is 0 Å². The van der Waals surface area contributed by atoms with E-state index >= 15 is 0 Å². The van der Waals surface area contributed by atoms with Gasteiger partial charge in [-0.1, -0.05) is 103 Å². The molecule has 0 radical (unpaired) electrons. The van der Waals surface area contributed by atoms with Gasteiger partial charge in [-0.05, 0) is 51.4 Å². The van der Waals surface area contributed by atoms with Gasteiger partial charge in [0.15, 0.2) is 0 Å². The highest BCUT2D eigenvalue weighted by Crippen LogP contribution is 2.47. The Morgan fingerprint density at radius 1 is 0.652 bits per heavy atom. The van der Waals surface area contributed by atoms with Crippen molar-refractivity contribution in [1.82, 2.24) is 4.98 Å². The van der Waals surface area contributed by atoms with E-state index < -0.39 is 0 Å². The number of hydrogen-bond donors (Lipinski definition) is 0. The summed E-state index contributed by atoms with van der Waals surface area (Å²) in [5.41, 5.74) is 6.73. The lowest BCUT2D eigenvalue weighted by molar-refractivity contribution is -0.139. The number of hydrogen-bond acceptors (Lipinski definition) is 6. The van der Waals surface area contributed by atoms with Crippen LogP contribution < -0.4 is 14.4 Å². The molecule has 0 bridgehead atoms. The molecular formula is C39H30N2O5. The SMILES string of the molecule is COC(=O)Cc1ccc(-c2ccc3c4c(cccc24)C(=O)N3c2ccc(OCc3ccccc3)nc2OCc2ccccc2)cc1. The number of benzene rings is 5. The van der Waals surface area contributed by atoms with Crippen LogP contribution in [0.4, 0.5) is 11.4 Å². The van der Waals surface area contributed by atoms with Crippen molar-refractivity contribution in [2.24, 2.45) is 0 Å². The molecule has 7 nitrogen and oxygen atoms in total. The van der Waals surface area contributed by atoms with Crippen molar-refractivity contribution >= 4 is 34.0 Å². The molecule has 0 fully saturated rings. The highest BCUT2D eigenvalue weighted by atomic mass is 16.5. The predicted molar refractivity (Wildman–Crippen MR) is 177 cm³/mol. The molecule has 0 saturated heterocycles. The molecule has 0 spiro atoms. The number of nitrogens with zero attached hydrogens (tertiary/aromatic N) is 2. The van der Waals surface area contributed by atoms with Gasteiger partial charge >= 0.3 is 5.97 Å². The minimum Gasteiger partial charge on any atom is -0.473 e. The second-order valence-electron chi connectivity index (χ2n) is 11.0. The molecule has 0 aliphatic carbocycles. The number of carbonyl (C=O) groups is 2. The van der Waals surface area contributed by atoms with Crippen molar-refractivity contribution in [1.29, 1.82) is 0 Å². The van der Waals surface area contributed by atoms with Gasteiger partial charge in [-0.25, -0.2) is 0 Å². The molecular weight excluding hydrogens is 576 g/mol. The lowest BCUT2D eigenvalue weighted by Gasteiger charge is -2.21. The maximum atomic E-state index is 14.1. The second kappa shape index (κ2) is 12.6. The molecule has 1 amide bonds. The number of rotatable bonds is 10. The van der Waals surface area contributed by atoms with Gasteiger partial charge in [0.1, 0.15) is 18.9 Å². The zero-order valence-corrected chi connectivity index (χ0v) is 25.2.